The lowest BCUT2D eigenvalue weighted by Gasteiger charge is -2.26. The number of nitrogens with one attached hydrogen (secondary N) is 1. The van der Waals surface area contributed by atoms with Gasteiger partial charge >= 0.3 is 0 Å². The zero-order chi connectivity index (χ0) is 13.6. The monoisotopic (exact) mass is 251 g/mol. The standard InChI is InChI=1S/C13H21N3O2/c1-4-13(14,5-2)9-18-10-6-7-16-11(8-10)12(17)15-3/h6-8H,4-5,9,14H2,1-3H3,(H,15,17). The number of carbonyl (C=O) groups excluding carboxylic acids is 1. The molecule has 18 heavy (non-hydrogen) atoms. The van der Waals surface area contributed by atoms with Gasteiger partial charge in [-0.3, -0.25) is 9.78 Å². The van der Waals surface area contributed by atoms with E-state index in [1.165, 1.54) is 0 Å². The highest BCUT2D eigenvalue weighted by Gasteiger charge is 2.21. The fourth-order valence-corrected chi connectivity index (χ4v) is 1.43. The first kappa shape index (κ1) is 14.4. The normalized spacial score (nSPS) is 11.1. The van der Waals surface area contributed by atoms with E-state index in [9.17, 15) is 4.79 Å². The molecule has 0 bridgehead atoms. The van der Waals surface area contributed by atoms with Crippen molar-refractivity contribution in [2.75, 3.05) is 13.7 Å². The first-order valence-corrected chi connectivity index (χ1v) is 6.14. The van der Waals surface area contributed by atoms with Crippen molar-refractivity contribution in [3.63, 3.8) is 0 Å². The van der Waals surface area contributed by atoms with Crippen molar-refractivity contribution >= 4 is 5.91 Å². The molecule has 0 aliphatic rings. The van der Waals surface area contributed by atoms with Gasteiger partial charge in [-0.25, -0.2) is 0 Å². The van der Waals surface area contributed by atoms with Crippen molar-refractivity contribution in [1.82, 2.24) is 10.3 Å². The van der Waals surface area contributed by atoms with Crippen molar-refractivity contribution in [2.45, 2.75) is 32.2 Å². The molecular formula is C13H21N3O2. The van der Waals surface area contributed by atoms with E-state index in [1.807, 2.05) is 13.8 Å². The smallest absolute Gasteiger partial charge is 0.269 e. The van der Waals surface area contributed by atoms with Gasteiger partial charge in [-0.05, 0) is 18.9 Å². The average Bonchev–Trinajstić information content (AvgIpc) is 2.44. The maximum absolute atomic E-state index is 11.4. The Balaban J connectivity index is 2.71. The summed E-state index contributed by atoms with van der Waals surface area (Å²) in [5, 5.41) is 2.52. The molecule has 1 rings (SSSR count). The summed E-state index contributed by atoms with van der Waals surface area (Å²) in [5.74, 6) is 0.380. The Morgan fingerprint density at radius 2 is 2.17 bits per heavy atom. The van der Waals surface area contributed by atoms with Crippen LogP contribution in [0.5, 0.6) is 5.75 Å². The van der Waals surface area contributed by atoms with E-state index in [1.54, 1.807) is 25.4 Å². The molecule has 1 amide bonds. The van der Waals surface area contributed by atoms with Gasteiger partial charge in [0.25, 0.3) is 5.91 Å². The molecule has 0 unspecified atom stereocenters. The molecule has 1 aromatic heterocycles. The third-order valence-corrected chi connectivity index (χ3v) is 3.13. The van der Waals surface area contributed by atoms with Gasteiger partial charge in [-0.15, -0.1) is 0 Å². The first-order chi connectivity index (χ1) is 8.54. The Morgan fingerprint density at radius 3 is 2.72 bits per heavy atom. The van der Waals surface area contributed by atoms with Crippen molar-refractivity contribution < 1.29 is 9.53 Å². The maximum Gasteiger partial charge on any atom is 0.269 e. The molecule has 0 saturated carbocycles. The van der Waals surface area contributed by atoms with Crippen molar-refractivity contribution in [2.24, 2.45) is 5.73 Å². The Morgan fingerprint density at radius 1 is 1.50 bits per heavy atom. The highest BCUT2D eigenvalue weighted by molar-refractivity contribution is 5.92. The molecule has 0 spiro atoms. The van der Waals surface area contributed by atoms with Crippen LogP contribution >= 0.6 is 0 Å². The summed E-state index contributed by atoms with van der Waals surface area (Å²) in [6.07, 6.45) is 3.24. The number of ether oxygens (including phenoxy) is 1. The van der Waals surface area contributed by atoms with Gasteiger partial charge in [0.05, 0.1) is 0 Å². The number of hydrogen-bond donors (Lipinski definition) is 2. The van der Waals surface area contributed by atoms with Crippen LogP contribution in [-0.2, 0) is 0 Å². The van der Waals surface area contributed by atoms with Gasteiger partial charge in [-0.2, -0.15) is 0 Å². The van der Waals surface area contributed by atoms with Crippen LogP contribution in [-0.4, -0.2) is 30.1 Å². The van der Waals surface area contributed by atoms with Crippen molar-refractivity contribution in [3.8, 4) is 5.75 Å². The molecule has 5 heteroatoms. The van der Waals surface area contributed by atoms with Gasteiger partial charge < -0.3 is 15.8 Å². The quantitative estimate of drug-likeness (QED) is 0.799. The largest absolute Gasteiger partial charge is 0.492 e. The van der Waals surface area contributed by atoms with Crippen molar-refractivity contribution in [1.29, 1.82) is 0 Å². The molecule has 0 aromatic carbocycles. The van der Waals surface area contributed by atoms with Crippen LogP contribution in [0.25, 0.3) is 0 Å². The number of amides is 1. The third-order valence-electron chi connectivity index (χ3n) is 3.13. The summed E-state index contributed by atoms with van der Waals surface area (Å²) in [7, 11) is 1.57. The second-order valence-corrected chi connectivity index (χ2v) is 4.31. The fourth-order valence-electron chi connectivity index (χ4n) is 1.43. The fraction of sp³-hybridized carbons (Fsp3) is 0.538. The van der Waals surface area contributed by atoms with E-state index in [2.05, 4.69) is 10.3 Å². The van der Waals surface area contributed by atoms with Crippen LogP contribution in [0.3, 0.4) is 0 Å². The van der Waals surface area contributed by atoms with Crippen LogP contribution in [0.1, 0.15) is 37.2 Å². The predicted octanol–water partition coefficient (Wildman–Crippen LogP) is 1.34. The van der Waals surface area contributed by atoms with Gasteiger partial charge in [0.15, 0.2) is 0 Å². The van der Waals surface area contributed by atoms with Crippen LogP contribution < -0.4 is 15.8 Å². The topological polar surface area (TPSA) is 77.2 Å². The molecule has 5 nitrogen and oxygen atoms in total. The van der Waals surface area contributed by atoms with E-state index in [4.69, 9.17) is 10.5 Å². The molecule has 0 atom stereocenters. The predicted molar refractivity (Wildman–Crippen MR) is 70.6 cm³/mol. The van der Waals surface area contributed by atoms with Crippen LogP contribution in [0, 0.1) is 0 Å². The summed E-state index contributed by atoms with van der Waals surface area (Å²) < 4.78 is 5.64. The number of rotatable bonds is 6. The molecule has 1 aromatic rings. The molecule has 1 heterocycles. The van der Waals surface area contributed by atoms with E-state index in [0.29, 0.717) is 18.1 Å². The van der Waals surface area contributed by atoms with Gasteiger partial charge in [0.2, 0.25) is 0 Å². The maximum atomic E-state index is 11.4. The number of carbonyl (C=O) groups is 1. The van der Waals surface area contributed by atoms with E-state index in [-0.39, 0.29) is 11.4 Å². The van der Waals surface area contributed by atoms with Gasteiger partial charge in [0, 0.05) is 24.8 Å². The molecule has 0 radical (unpaired) electrons. The third kappa shape index (κ3) is 3.70. The molecule has 0 aliphatic heterocycles. The lowest BCUT2D eigenvalue weighted by molar-refractivity contribution is 0.0957. The average molecular weight is 251 g/mol. The van der Waals surface area contributed by atoms with E-state index < -0.39 is 0 Å². The van der Waals surface area contributed by atoms with Gasteiger partial charge in [0.1, 0.15) is 18.1 Å². The van der Waals surface area contributed by atoms with Crippen LogP contribution in [0.2, 0.25) is 0 Å². The molecular weight excluding hydrogens is 230 g/mol. The minimum Gasteiger partial charge on any atom is -0.492 e. The summed E-state index contributed by atoms with van der Waals surface area (Å²) in [6.45, 7) is 4.50. The first-order valence-electron chi connectivity index (χ1n) is 6.14. The number of pyridine rings is 1. The zero-order valence-corrected chi connectivity index (χ0v) is 11.2. The van der Waals surface area contributed by atoms with Crippen LogP contribution in [0.15, 0.2) is 18.3 Å². The van der Waals surface area contributed by atoms with Crippen molar-refractivity contribution in [3.05, 3.63) is 24.0 Å². The molecule has 100 valence electrons. The minimum atomic E-state index is -0.323. The van der Waals surface area contributed by atoms with Crippen LogP contribution in [0.4, 0.5) is 0 Å². The molecule has 0 saturated heterocycles. The number of hydrogen-bond acceptors (Lipinski definition) is 4. The van der Waals surface area contributed by atoms with E-state index >= 15 is 0 Å². The summed E-state index contributed by atoms with van der Waals surface area (Å²) >= 11 is 0. The number of aromatic nitrogens is 1. The Kier molecular flexibility index (Phi) is 5.09. The summed E-state index contributed by atoms with van der Waals surface area (Å²) in [4.78, 5) is 15.4. The Hall–Kier alpha value is -1.62. The molecule has 0 aliphatic carbocycles. The lowest BCUT2D eigenvalue weighted by atomic mass is 9.96. The second kappa shape index (κ2) is 6.35. The lowest BCUT2D eigenvalue weighted by Crippen LogP contribution is -2.44. The zero-order valence-electron chi connectivity index (χ0n) is 11.2. The Labute approximate surface area is 108 Å². The number of nitrogens with zero attached hydrogens (tertiary/aromatic N) is 1. The van der Waals surface area contributed by atoms with Gasteiger partial charge in [-0.1, -0.05) is 13.8 Å². The highest BCUT2D eigenvalue weighted by Crippen LogP contribution is 2.16. The second-order valence-electron chi connectivity index (χ2n) is 4.31. The summed E-state index contributed by atoms with van der Waals surface area (Å²) in [5.41, 5.74) is 6.16. The van der Waals surface area contributed by atoms with E-state index in [0.717, 1.165) is 12.8 Å². The number of nitrogens with two attached hydrogens (primary N) is 1. The SMILES string of the molecule is CCC(N)(CC)COc1ccnc(C(=O)NC)c1. The Bertz CT molecular complexity index is 403. The highest BCUT2D eigenvalue weighted by atomic mass is 16.5. The molecule has 3 N–H and O–H groups in total. The summed E-state index contributed by atoms with van der Waals surface area (Å²) in [6, 6.07) is 3.34. The minimum absolute atomic E-state index is 0.231. The molecule has 0 fully saturated rings.